The zero-order valence-electron chi connectivity index (χ0n) is 16.7. The number of imidazole rings is 2. The number of hydrogen-bond acceptors (Lipinski definition) is 7. The number of aromatic amines is 1. The van der Waals surface area contributed by atoms with Gasteiger partial charge in [0.2, 0.25) is 5.78 Å². The lowest BCUT2D eigenvalue weighted by Gasteiger charge is -2.07. The van der Waals surface area contributed by atoms with Crippen molar-refractivity contribution in [2.45, 2.75) is 16.6 Å². The maximum atomic E-state index is 13.2. The summed E-state index contributed by atoms with van der Waals surface area (Å²) in [6.07, 6.45) is 1.70. The monoisotopic (exact) mass is 447 g/mol. The number of hydrogen-bond donors (Lipinski definition) is 4. The SMILES string of the molecule is O=c1c2nc(Sc3ccc(B(O)O)cc3)n(CCO)c2nc2[nH]c(-c3ccccc3)cn12. The maximum absolute atomic E-state index is 13.2. The van der Waals surface area contributed by atoms with Gasteiger partial charge in [0.15, 0.2) is 16.3 Å². The average molecular weight is 447 g/mol. The summed E-state index contributed by atoms with van der Waals surface area (Å²) in [4.78, 5) is 26.3. The normalized spacial score (nSPS) is 11.5. The number of aliphatic hydroxyl groups excluding tert-OH is 1. The third kappa shape index (κ3) is 3.61. The van der Waals surface area contributed by atoms with E-state index in [0.29, 0.717) is 22.0 Å². The molecule has 0 saturated carbocycles. The highest BCUT2D eigenvalue weighted by molar-refractivity contribution is 7.99. The topological polar surface area (TPSA) is 129 Å². The maximum Gasteiger partial charge on any atom is 0.488 e. The van der Waals surface area contributed by atoms with Crippen LogP contribution >= 0.6 is 11.8 Å². The summed E-state index contributed by atoms with van der Waals surface area (Å²) in [6, 6.07) is 16.3. The van der Waals surface area contributed by atoms with Crippen LogP contribution in [0.3, 0.4) is 0 Å². The predicted octanol–water partition coefficient (Wildman–Crippen LogP) is 0.863. The molecule has 160 valence electrons. The van der Waals surface area contributed by atoms with E-state index in [4.69, 9.17) is 0 Å². The number of rotatable bonds is 6. The van der Waals surface area contributed by atoms with E-state index < -0.39 is 7.12 Å². The highest BCUT2D eigenvalue weighted by Gasteiger charge is 2.19. The van der Waals surface area contributed by atoms with Gasteiger partial charge in [-0.25, -0.2) is 9.38 Å². The van der Waals surface area contributed by atoms with Crippen LogP contribution < -0.4 is 11.0 Å². The van der Waals surface area contributed by atoms with Crippen molar-refractivity contribution in [3.05, 3.63) is 71.1 Å². The van der Waals surface area contributed by atoms with Gasteiger partial charge in [-0.3, -0.25) is 4.79 Å². The number of H-pyrrole nitrogens is 1. The molecule has 2 aromatic carbocycles. The molecule has 11 heteroatoms. The molecule has 3 heterocycles. The fraction of sp³-hybridized carbons (Fsp3) is 0.0952. The molecule has 0 saturated heterocycles. The molecule has 0 aliphatic rings. The quantitative estimate of drug-likeness (QED) is 0.284. The van der Waals surface area contributed by atoms with Crippen molar-refractivity contribution >= 4 is 41.3 Å². The molecule has 3 aromatic heterocycles. The molecule has 0 atom stereocenters. The number of nitrogens with zero attached hydrogens (tertiary/aromatic N) is 4. The highest BCUT2D eigenvalue weighted by Crippen LogP contribution is 2.29. The Kier molecular flexibility index (Phi) is 5.31. The summed E-state index contributed by atoms with van der Waals surface area (Å²) in [6.45, 7) is 0.0802. The minimum absolute atomic E-state index is 0.143. The van der Waals surface area contributed by atoms with E-state index in [2.05, 4.69) is 15.0 Å². The summed E-state index contributed by atoms with van der Waals surface area (Å²) >= 11 is 1.30. The van der Waals surface area contributed by atoms with Crippen molar-refractivity contribution in [1.29, 1.82) is 0 Å². The smallest absolute Gasteiger partial charge is 0.423 e. The molecular weight excluding hydrogens is 429 g/mol. The average Bonchev–Trinajstić information content (AvgIpc) is 3.38. The summed E-state index contributed by atoms with van der Waals surface area (Å²) in [5.41, 5.74) is 2.36. The molecule has 0 fully saturated rings. The van der Waals surface area contributed by atoms with E-state index >= 15 is 0 Å². The van der Waals surface area contributed by atoms with Crippen LogP contribution in [0, 0.1) is 0 Å². The Morgan fingerprint density at radius 1 is 1.03 bits per heavy atom. The lowest BCUT2D eigenvalue weighted by atomic mass is 9.81. The summed E-state index contributed by atoms with van der Waals surface area (Å²) in [5.74, 6) is 0.387. The molecule has 4 N–H and O–H groups in total. The van der Waals surface area contributed by atoms with Crippen LogP contribution in [0.4, 0.5) is 0 Å². The summed E-state index contributed by atoms with van der Waals surface area (Å²) in [7, 11) is -1.54. The lowest BCUT2D eigenvalue weighted by Crippen LogP contribution is -2.29. The van der Waals surface area contributed by atoms with Crippen LogP contribution in [0.25, 0.3) is 28.2 Å². The first-order chi connectivity index (χ1) is 15.5. The van der Waals surface area contributed by atoms with Gasteiger partial charge in [-0.1, -0.05) is 54.2 Å². The molecule has 0 spiro atoms. The predicted molar refractivity (Wildman–Crippen MR) is 122 cm³/mol. The van der Waals surface area contributed by atoms with E-state index in [0.717, 1.165) is 16.2 Å². The first-order valence-electron chi connectivity index (χ1n) is 9.87. The van der Waals surface area contributed by atoms with Crippen molar-refractivity contribution in [1.82, 2.24) is 23.9 Å². The Morgan fingerprint density at radius 2 is 1.78 bits per heavy atom. The second-order valence-corrected chi connectivity index (χ2v) is 8.17. The molecule has 0 aliphatic heterocycles. The first-order valence-corrected chi connectivity index (χ1v) is 10.7. The van der Waals surface area contributed by atoms with E-state index in [1.165, 1.54) is 16.2 Å². The van der Waals surface area contributed by atoms with Gasteiger partial charge in [-0.15, -0.1) is 0 Å². The molecule has 0 bridgehead atoms. The van der Waals surface area contributed by atoms with Crippen LogP contribution in [-0.2, 0) is 6.54 Å². The van der Waals surface area contributed by atoms with Gasteiger partial charge < -0.3 is 24.7 Å². The van der Waals surface area contributed by atoms with E-state index in [-0.39, 0.29) is 24.2 Å². The van der Waals surface area contributed by atoms with Crippen molar-refractivity contribution < 1.29 is 15.2 Å². The standard InChI is InChI=1S/C21H18BN5O4S/c28-11-10-26-18-17(24-21(26)32-15-8-6-14(7-9-15)22(30)31)19(29)27-12-16(23-20(27)25-18)13-4-2-1-3-5-13/h1-9,12,28,30-31H,10-11H2,(H,23,25). The molecule has 5 rings (SSSR count). The van der Waals surface area contributed by atoms with Crippen molar-refractivity contribution in [2.24, 2.45) is 0 Å². The highest BCUT2D eigenvalue weighted by atomic mass is 32.2. The Bertz CT molecular complexity index is 1460. The number of aliphatic hydroxyl groups is 1. The molecule has 9 nitrogen and oxygen atoms in total. The van der Waals surface area contributed by atoms with Crippen LogP contribution in [0.15, 0.2) is 75.6 Å². The van der Waals surface area contributed by atoms with Crippen molar-refractivity contribution in [3.8, 4) is 11.3 Å². The molecule has 5 aromatic rings. The van der Waals surface area contributed by atoms with Gasteiger partial charge in [-0.05, 0) is 23.2 Å². The van der Waals surface area contributed by atoms with Gasteiger partial charge in [0, 0.05) is 17.6 Å². The van der Waals surface area contributed by atoms with E-state index in [1.54, 1.807) is 35.0 Å². The minimum Gasteiger partial charge on any atom is -0.423 e. The second-order valence-electron chi connectivity index (χ2n) is 7.13. The molecule has 0 unspecified atom stereocenters. The van der Waals surface area contributed by atoms with Gasteiger partial charge >= 0.3 is 7.12 Å². The summed E-state index contributed by atoms with van der Waals surface area (Å²) < 4.78 is 3.14. The van der Waals surface area contributed by atoms with Crippen LogP contribution in [0.1, 0.15) is 0 Å². The summed E-state index contributed by atoms with van der Waals surface area (Å²) in [5, 5.41) is 28.6. The van der Waals surface area contributed by atoms with Crippen molar-refractivity contribution in [2.75, 3.05) is 6.61 Å². The van der Waals surface area contributed by atoms with Gasteiger partial charge in [0.1, 0.15) is 0 Å². The second kappa shape index (κ2) is 8.28. The van der Waals surface area contributed by atoms with E-state index in [1.807, 2.05) is 30.3 Å². The number of nitrogens with one attached hydrogen (secondary N) is 1. The zero-order valence-corrected chi connectivity index (χ0v) is 17.5. The van der Waals surface area contributed by atoms with Crippen LogP contribution in [-0.4, -0.2) is 52.8 Å². The Hall–Kier alpha value is -3.38. The number of aromatic nitrogens is 5. The minimum atomic E-state index is -1.54. The molecule has 0 aliphatic carbocycles. The van der Waals surface area contributed by atoms with Crippen molar-refractivity contribution in [3.63, 3.8) is 0 Å². The molecule has 0 amide bonds. The largest absolute Gasteiger partial charge is 0.488 e. The Balaban J connectivity index is 1.61. The Labute approximate surface area is 186 Å². The third-order valence-electron chi connectivity index (χ3n) is 5.07. The molecular formula is C21H18BN5O4S. The van der Waals surface area contributed by atoms with Gasteiger partial charge in [-0.2, -0.15) is 4.98 Å². The van der Waals surface area contributed by atoms with Crippen LogP contribution in [0.5, 0.6) is 0 Å². The number of fused-ring (bicyclic) bond motifs is 2. The first kappa shape index (κ1) is 20.5. The van der Waals surface area contributed by atoms with Gasteiger partial charge in [0.05, 0.1) is 12.3 Å². The fourth-order valence-electron chi connectivity index (χ4n) is 3.49. The lowest BCUT2D eigenvalue weighted by molar-refractivity contribution is 0.273. The van der Waals surface area contributed by atoms with Gasteiger partial charge in [0.25, 0.3) is 5.56 Å². The number of benzene rings is 2. The van der Waals surface area contributed by atoms with E-state index in [9.17, 15) is 19.9 Å². The fourth-order valence-corrected chi connectivity index (χ4v) is 4.40. The zero-order chi connectivity index (χ0) is 22.2. The van der Waals surface area contributed by atoms with Crippen LogP contribution in [0.2, 0.25) is 0 Å². The molecule has 32 heavy (non-hydrogen) atoms. The Morgan fingerprint density at radius 3 is 2.47 bits per heavy atom. The third-order valence-corrected chi connectivity index (χ3v) is 6.07. The molecule has 0 radical (unpaired) electrons.